The highest BCUT2D eigenvalue weighted by molar-refractivity contribution is 5.78. The average Bonchev–Trinajstić information content (AvgIpc) is 2.75. The van der Waals surface area contributed by atoms with Gasteiger partial charge in [-0.2, -0.15) is 0 Å². The predicted molar refractivity (Wildman–Crippen MR) is 64.9 cm³/mol. The molecule has 0 aliphatic carbocycles. The quantitative estimate of drug-likeness (QED) is 0.736. The molecule has 90 valence electrons. The molecular weight excluding hydrogens is 218 g/mol. The molecule has 17 heavy (non-hydrogen) atoms. The van der Waals surface area contributed by atoms with Gasteiger partial charge in [0.15, 0.2) is 0 Å². The number of fused-ring (bicyclic) bond motifs is 1. The number of rotatable bonds is 4. The molecule has 1 aliphatic heterocycles. The summed E-state index contributed by atoms with van der Waals surface area (Å²) in [6.45, 7) is 2.14. The van der Waals surface area contributed by atoms with Crippen molar-refractivity contribution in [1.82, 2.24) is 9.97 Å². The summed E-state index contributed by atoms with van der Waals surface area (Å²) in [4.78, 5) is 7.24. The van der Waals surface area contributed by atoms with Gasteiger partial charge in [0.2, 0.25) is 0 Å². The van der Waals surface area contributed by atoms with Crippen molar-refractivity contribution in [3.8, 4) is 0 Å². The molecule has 0 spiro atoms. The number of ether oxygens (including phenoxy) is 1. The molecule has 0 atom stereocenters. The van der Waals surface area contributed by atoms with Crippen molar-refractivity contribution < 1.29 is 9.84 Å². The number of H-pyrrole nitrogens is 1. The third-order valence-electron chi connectivity index (χ3n) is 3.24. The third-order valence-corrected chi connectivity index (χ3v) is 3.24. The van der Waals surface area contributed by atoms with Gasteiger partial charge in [0.25, 0.3) is 0 Å². The summed E-state index contributed by atoms with van der Waals surface area (Å²) in [7, 11) is 0. The van der Waals surface area contributed by atoms with E-state index >= 15 is 0 Å². The Morgan fingerprint density at radius 1 is 1.47 bits per heavy atom. The highest BCUT2D eigenvalue weighted by atomic mass is 16.5. The van der Waals surface area contributed by atoms with Gasteiger partial charge in [-0.05, 0) is 18.2 Å². The van der Waals surface area contributed by atoms with E-state index in [1.54, 1.807) is 6.33 Å². The zero-order chi connectivity index (χ0) is 11.7. The van der Waals surface area contributed by atoms with E-state index in [0.29, 0.717) is 13.2 Å². The summed E-state index contributed by atoms with van der Waals surface area (Å²) >= 11 is 0. The molecule has 1 aromatic heterocycles. The lowest BCUT2D eigenvalue weighted by molar-refractivity contribution is -0.128. The minimum absolute atomic E-state index is 0.108. The van der Waals surface area contributed by atoms with E-state index in [2.05, 4.69) is 15.3 Å². The zero-order valence-corrected chi connectivity index (χ0v) is 9.44. The first kappa shape index (κ1) is 10.6. The molecule has 0 bridgehead atoms. The van der Waals surface area contributed by atoms with Gasteiger partial charge in [0.05, 0.1) is 42.6 Å². The minimum Gasteiger partial charge on any atom is -0.396 e. The SMILES string of the molecule is OCC1(CNc2ccc3nc[nH]c3c2)COC1. The lowest BCUT2D eigenvalue weighted by Gasteiger charge is -2.40. The van der Waals surface area contributed by atoms with Crippen LogP contribution in [-0.4, -0.2) is 41.4 Å². The van der Waals surface area contributed by atoms with Crippen LogP contribution in [0.4, 0.5) is 5.69 Å². The molecule has 1 saturated heterocycles. The summed E-state index contributed by atoms with van der Waals surface area (Å²) in [5, 5.41) is 12.6. The maximum absolute atomic E-state index is 9.32. The highest BCUT2D eigenvalue weighted by Crippen LogP contribution is 2.27. The lowest BCUT2D eigenvalue weighted by Crippen LogP contribution is -2.50. The van der Waals surface area contributed by atoms with Gasteiger partial charge < -0.3 is 20.1 Å². The lowest BCUT2D eigenvalue weighted by atomic mass is 9.87. The van der Waals surface area contributed by atoms with Crippen LogP contribution in [0.5, 0.6) is 0 Å². The van der Waals surface area contributed by atoms with Gasteiger partial charge in [-0.3, -0.25) is 0 Å². The number of aromatic amines is 1. The van der Waals surface area contributed by atoms with Crippen LogP contribution in [0.15, 0.2) is 24.5 Å². The van der Waals surface area contributed by atoms with E-state index in [0.717, 1.165) is 23.3 Å². The largest absolute Gasteiger partial charge is 0.396 e. The van der Waals surface area contributed by atoms with Crippen molar-refractivity contribution in [2.24, 2.45) is 5.41 Å². The molecule has 3 N–H and O–H groups in total. The molecule has 1 fully saturated rings. The number of benzene rings is 1. The number of hydrogen-bond donors (Lipinski definition) is 3. The first-order chi connectivity index (χ1) is 8.31. The van der Waals surface area contributed by atoms with E-state index in [1.165, 1.54) is 0 Å². The van der Waals surface area contributed by atoms with Crippen LogP contribution in [0, 0.1) is 5.41 Å². The number of nitrogens with zero attached hydrogens (tertiary/aromatic N) is 1. The van der Waals surface area contributed by atoms with Crippen molar-refractivity contribution >= 4 is 16.7 Å². The molecule has 0 unspecified atom stereocenters. The molecule has 1 aliphatic rings. The van der Waals surface area contributed by atoms with Gasteiger partial charge >= 0.3 is 0 Å². The normalized spacial score (nSPS) is 17.9. The fourth-order valence-corrected chi connectivity index (χ4v) is 1.98. The van der Waals surface area contributed by atoms with Crippen LogP contribution in [0.1, 0.15) is 0 Å². The molecule has 5 nitrogen and oxygen atoms in total. The topological polar surface area (TPSA) is 70.2 Å². The standard InChI is InChI=1S/C12H15N3O2/c16-5-12(6-17-7-12)4-13-9-1-2-10-11(3-9)15-8-14-10/h1-3,8,13,16H,4-7H2,(H,14,15). The number of anilines is 1. The van der Waals surface area contributed by atoms with E-state index < -0.39 is 0 Å². The molecule has 1 aromatic carbocycles. The fourth-order valence-electron chi connectivity index (χ4n) is 1.98. The van der Waals surface area contributed by atoms with Crippen LogP contribution in [0.25, 0.3) is 11.0 Å². The monoisotopic (exact) mass is 233 g/mol. The Labute approximate surface area is 98.8 Å². The van der Waals surface area contributed by atoms with Gasteiger partial charge in [0.1, 0.15) is 0 Å². The minimum atomic E-state index is -0.108. The summed E-state index contributed by atoms with van der Waals surface area (Å²) in [5.74, 6) is 0. The van der Waals surface area contributed by atoms with Crippen LogP contribution >= 0.6 is 0 Å². The molecule has 0 radical (unpaired) electrons. The van der Waals surface area contributed by atoms with E-state index in [-0.39, 0.29) is 12.0 Å². The van der Waals surface area contributed by atoms with Crippen molar-refractivity contribution in [2.45, 2.75) is 0 Å². The Balaban J connectivity index is 1.71. The van der Waals surface area contributed by atoms with Crippen LogP contribution in [0.3, 0.4) is 0 Å². The Hall–Kier alpha value is -1.59. The zero-order valence-electron chi connectivity index (χ0n) is 9.44. The third kappa shape index (κ3) is 1.87. The van der Waals surface area contributed by atoms with Gasteiger partial charge in [-0.25, -0.2) is 4.98 Å². The summed E-state index contributed by atoms with van der Waals surface area (Å²) in [6, 6.07) is 5.98. The second kappa shape index (κ2) is 4.01. The Morgan fingerprint density at radius 3 is 3.06 bits per heavy atom. The van der Waals surface area contributed by atoms with E-state index in [1.807, 2.05) is 18.2 Å². The van der Waals surface area contributed by atoms with Crippen LogP contribution < -0.4 is 5.32 Å². The molecule has 5 heteroatoms. The number of nitrogens with one attached hydrogen (secondary N) is 2. The fraction of sp³-hybridized carbons (Fsp3) is 0.417. The van der Waals surface area contributed by atoms with Crippen molar-refractivity contribution in [2.75, 3.05) is 31.7 Å². The number of imidazole rings is 1. The second-order valence-electron chi connectivity index (χ2n) is 4.64. The molecule has 2 aromatic rings. The predicted octanol–water partition coefficient (Wildman–Crippen LogP) is 0.984. The number of aliphatic hydroxyl groups excluding tert-OH is 1. The Bertz CT molecular complexity index is 514. The molecule has 0 amide bonds. The second-order valence-corrected chi connectivity index (χ2v) is 4.64. The summed E-state index contributed by atoms with van der Waals surface area (Å²) in [5.41, 5.74) is 2.89. The number of aromatic nitrogens is 2. The van der Waals surface area contributed by atoms with Gasteiger partial charge in [-0.15, -0.1) is 0 Å². The number of hydrogen-bond acceptors (Lipinski definition) is 4. The Morgan fingerprint density at radius 2 is 2.35 bits per heavy atom. The number of aliphatic hydroxyl groups is 1. The first-order valence-corrected chi connectivity index (χ1v) is 5.67. The van der Waals surface area contributed by atoms with Crippen molar-refractivity contribution in [3.05, 3.63) is 24.5 Å². The van der Waals surface area contributed by atoms with Gasteiger partial charge in [0, 0.05) is 12.2 Å². The summed E-state index contributed by atoms with van der Waals surface area (Å²) in [6.07, 6.45) is 1.68. The average molecular weight is 233 g/mol. The van der Waals surface area contributed by atoms with Crippen molar-refractivity contribution in [3.63, 3.8) is 0 Å². The first-order valence-electron chi connectivity index (χ1n) is 5.67. The Kier molecular flexibility index (Phi) is 2.49. The molecule has 0 saturated carbocycles. The van der Waals surface area contributed by atoms with E-state index in [4.69, 9.17) is 4.74 Å². The smallest absolute Gasteiger partial charge is 0.0931 e. The molecule has 2 heterocycles. The summed E-state index contributed by atoms with van der Waals surface area (Å²) < 4.78 is 5.16. The van der Waals surface area contributed by atoms with Crippen LogP contribution in [-0.2, 0) is 4.74 Å². The van der Waals surface area contributed by atoms with Crippen molar-refractivity contribution in [1.29, 1.82) is 0 Å². The highest BCUT2D eigenvalue weighted by Gasteiger charge is 2.37. The molecule has 3 rings (SSSR count). The van der Waals surface area contributed by atoms with E-state index in [9.17, 15) is 5.11 Å². The maximum Gasteiger partial charge on any atom is 0.0931 e. The molecular formula is C12H15N3O2. The maximum atomic E-state index is 9.32. The van der Waals surface area contributed by atoms with Crippen LogP contribution in [0.2, 0.25) is 0 Å². The van der Waals surface area contributed by atoms with Gasteiger partial charge in [-0.1, -0.05) is 0 Å².